The fraction of sp³-hybridized carbons (Fsp3) is 0.200. The number of hydrogen-bond acceptors (Lipinski definition) is 3. The molecule has 0 unspecified atom stereocenters. The largest absolute Gasteiger partial charge is 0.495 e. The van der Waals surface area contributed by atoms with E-state index in [4.69, 9.17) is 16.3 Å². The second-order valence-corrected chi connectivity index (χ2v) is 4.79. The molecule has 0 aliphatic rings. The third-order valence-electron chi connectivity index (χ3n) is 3.18. The van der Waals surface area contributed by atoms with Gasteiger partial charge in [0.05, 0.1) is 18.7 Å². The van der Waals surface area contributed by atoms with Crippen molar-refractivity contribution in [3.63, 3.8) is 0 Å². The minimum atomic E-state index is 0.313. The van der Waals surface area contributed by atoms with Gasteiger partial charge in [-0.25, -0.2) is 9.97 Å². The number of ether oxygens (including phenoxy) is 1. The molecule has 0 bridgehead atoms. The highest BCUT2D eigenvalue weighted by Crippen LogP contribution is 2.29. The molecule has 0 radical (unpaired) electrons. The Balaban J connectivity index is 2.36. The second kappa shape index (κ2) is 5.13. The van der Waals surface area contributed by atoms with Crippen molar-refractivity contribution in [3.8, 4) is 11.4 Å². The summed E-state index contributed by atoms with van der Waals surface area (Å²) in [6.07, 6.45) is 1.75. The van der Waals surface area contributed by atoms with E-state index in [1.54, 1.807) is 13.3 Å². The van der Waals surface area contributed by atoms with Crippen molar-refractivity contribution in [3.05, 3.63) is 47.9 Å². The second-order valence-electron chi connectivity index (χ2n) is 4.52. The van der Waals surface area contributed by atoms with Crippen molar-refractivity contribution in [2.45, 2.75) is 12.8 Å². The summed E-state index contributed by atoms with van der Waals surface area (Å²) in [4.78, 5) is 8.94. The zero-order valence-electron chi connectivity index (χ0n) is 11.3. The van der Waals surface area contributed by atoms with Gasteiger partial charge in [0.25, 0.3) is 0 Å². The van der Waals surface area contributed by atoms with Crippen molar-refractivity contribution < 1.29 is 4.74 Å². The Morgan fingerprint density at radius 2 is 2.15 bits per heavy atom. The molecular formula is C15H14ClN3O. The highest BCUT2D eigenvalue weighted by molar-refractivity contribution is 6.17. The third kappa shape index (κ3) is 2.02. The molecule has 102 valence electrons. The molecule has 0 saturated carbocycles. The van der Waals surface area contributed by atoms with Crippen LogP contribution >= 0.6 is 11.6 Å². The van der Waals surface area contributed by atoms with Crippen LogP contribution < -0.4 is 4.74 Å². The number of alkyl halides is 1. The number of imidazole rings is 1. The van der Waals surface area contributed by atoms with Crippen molar-refractivity contribution >= 4 is 22.8 Å². The molecule has 2 heterocycles. The molecule has 3 rings (SSSR count). The van der Waals surface area contributed by atoms with E-state index in [1.165, 1.54) is 0 Å². The number of nitrogens with zero attached hydrogens (tertiary/aromatic N) is 3. The smallest absolute Gasteiger partial charge is 0.164 e. The van der Waals surface area contributed by atoms with Crippen LogP contribution in [-0.4, -0.2) is 21.6 Å². The predicted molar refractivity (Wildman–Crippen MR) is 79.7 cm³/mol. The van der Waals surface area contributed by atoms with Crippen LogP contribution in [0.5, 0.6) is 5.75 Å². The standard InChI is InChI=1S/C15H14ClN3O/c1-10-5-6-13(20-2)12(8-10)19-14(9-16)18-11-4-3-7-17-15(11)19/h3-8H,9H2,1-2H3. The van der Waals surface area contributed by atoms with Gasteiger partial charge in [-0.1, -0.05) is 6.07 Å². The number of aryl methyl sites for hydroxylation is 1. The first-order valence-electron chi connectivity index (χ1n) is 6.28. The van der Waals surface area contributed by atoms with Crippen LogP contribution in [0.2, 0.25) is 0 Å². The summed E-state index contributed by atoms with van der Waals surface area (Å²) in [7, 11) is 1.65. The monoisotopic (exact) mass is 287 g/mol. The number of fused-ring (bicyclic) bond motifs is 1. The molecule has 0 aliphatic heterocycles. The zero-order chi connectivity index (χ0) is 14.1. The SMILES string of the molecule is COc1ccc(C)cc1-n1c(CCl)nc2cccnc21. The molecular weight excluding hydrogens is 274 g/mol. The van der Waals surface area contributed by atoms with E-state index in [0.717, 1.165) is 34.0 Å². The van der Waals surface area contributed by atoms with Crippen molar-refractivity contribution in [2.24, 2.45) is 0 Å². The van der Waals surface area contributed by atoms with Crippen molar-refractivity contribution in [2.75, 3.05) is 7.11 Å². The average Bonchev–Trinajstić information content (AvgIpc) is 2.85. The van der Waals surface area contributed by atoms with Crippen molar-refractivity contribution in [1.82, 2.24) is 14.5 Å². The van der Waals surface area contributed by atoms with E-state index in [1.807, 2.05) is 41.8 Å². The van der Waals surface area contributed by atoms with Gasteiger partial charge in [-0.05, 0) is 36.8 Å². The van der Waals surface area contributed by atoms with E-state index < -0.39 is 0 Å². The van der Waals surface area contributed by atoms with Gasteiger partial charge < -0.3 is 4.74 Å². The molecule has 0 saturated heterocycles. The predicted octanol–water partition coefficient (Wildman–Crippen LogP) is 3.48. The Labute approximate surface area is 122 Å². The number of benzene rings is 1. The highest BCUT2D eigenvalue weighted by atomic mass is 35.5. The van der Waals surface area contributed by atoms with Crippen LogP contribution in [0.25, 0.3) is 16.9 Å². The van der Waals surface area contributed by atoms with Crippen LogP contribution in [0.4, 0.5) is 0 Å². The lowest BCUT2D eigenvalue weighted by atomic mass is 10.2. The molecule has 5 heteroatoms. The number of methoxy groups -OCH3 is 1. The summed E-state index contributed by atoms with van der Waals surface area (Å²) in [6, 6.07) is 9.79. The van der Waals surface area contributed by atoms with Gasteiger partial charge in [-0.15, -0.1) is 11.6 Å². The Morgan fingerprint density at radius 1 is 1.30 bits per heavy atom. The summed E-state index contributed by atoms with van der Waals surface area (Å²) in [5.74, 6) is 1.84. The summed E-state index contributed by atoms with van der Waals surface area (Å²) in [5.41, 5.74) is 3.65. The molecule has 0 N–H and O–H groups in total. The Morgan fingerprint density at radius 3 is 2.90 bits per heavy atom. The van der Waals surface area contributed by atoms with Crippen LogP contribution in [0, 0.1) is 6.92 Å². The number of aromatic nitrogens is 3. The van der Waals surface area contributed by atoms with Gasteiger partial charge >= 0.3 is 0 Å². The quantitative estimate of drug-likeness (QED) is 0.693. The van der Waals surface area contributed by atoms with Gasteiger partial charge in [-0.3, -0.25) is 4.57 Å². The fourth-order valence-electron chi connectivity index (χ4n) is 2.28. The first-order chi connectivity index (χ1) is 9.74. The summed E-state index contributed by atoms with van der Waals surface area (Å²) >= 11 is 6.04. The molecule has 0 aliphatic carbocycles. The minimum Gasteiger partial charge on any atom is -0.495 e. The van der Waals surface area contributed by atoms with Gasteiger partial charge in [0.1, 0.15) is 17.1 Å². The van der Waals surface area contributed by atoms with Gasteiger partial charge in [0.2, 0.25) is 0 Å². The van der Waals surface area contributed by atoms with E-state index in [9.17, 15) is 0 Å². The molecule has 0 atom stereocenters. The van der Waals surface area contributed by atoms with E-state index in [-0.39, 0.29) is 0 Å². The lowest BCUT2D eigenvalue weighted by Crippen LogP contribution is -2.03. The highest BCUT2D eigenvalue weighted by Gasteiger charge is 2.15. The topological polar surface area (TPSA) is 39.9 Å². The molecule has 2 aromatic heterocycles. The van der Waals surface area contributed by atoms with E-state index in [0.29, 0.717) is 5.88 Å². The molecule has 4 nitrogen and oxygen atoms in total. The number of hydrogen-bond donors (Lipinski definition) is 0. The van der Waals surface area contributed by atoms with E-state index in [2.05, 4.69) is 9.97 Å². The molecule has 0 amide bonds. The number of pyridine rings is 1. The van der Waals surface area contributed by atoms with Crippen LogP contribution in [0.1, 0.15) is 11.4 Å². The van der Waals surface area contributed by atoms with Crippen LogP contribution in [0.3, 0.4) is 0 Å². The van der Waals surface area contributed by atoms with Gasteiger partial charge in [0, 0.05) is 6.20 Å². The summed E-state index contributed by atoms with van der Waals surface area (Å²) in [6.45, 7) is 2.04. The Hall–Kier alpha value is -2.07. The average molecular weight is 288 g/mol. The first kappa shape index (κ1) is 12.9. The van der Waals surface area contributed by atoms with Gasteiger partial charge in [-0.2, -0.15) is 0 Å². The molecule has 1 aromatic carbocycles. The maximum Gasteiger partial charge on any atom is 0.164 e. The molecule has 20 heavy (non-hydrogen) atoms. The van der Waals surface area contributed by atoms with Crippen LogP contribution in [-0.2, 0) is 5.88 Å². The van der Waals surface area contributed by atoms with Crippen LogP contribution in [0.15, 0.2) is 36.5 Å². The maximum absolute atomic E-state index is 6.04. The fourth-order valence-corrected chi connectivity index (χ4v) is 2.46. The van der Waals surface area contributed by atoms with Crippen molar-refractivity contribution in [1.29, 1.82) is 0 Å². The number of halogens is 1. The Kier molecular flexibility index (Phi) is 3.32. The summed E-state index contributed by atoms with van der Waals surface area (Å²) in [5, 5.41) is 0. The number of rotatable bonds is 3. The maximum atomic E-state index is 6.04. The lowest BCUT2D eigenvalue weighted by Gasteiger charge is -2.12. The molecule has 0 fully saturated rings. The van der Waals surface area contributed by atoms with E-state index >= 15 is 0 Å². The van der Waals surface area contributed by atoms with Gasteiger partial charge in [0.15, 0.2) is 5.65 Å². The summed E-state index contributed by atoms with van der Waals surface area (Å²) < 4.78 is 7.41. The normalized spacial score (nSPS) is 10.9. The first-order valence-corrected chi connectivity index (χ1v) is 6.81. The molecule has 0 spiro atoms. The zero-order valence-corrected chi connectivity index (χ0v) is 12.1. The Bertz CT molecular complexity index is 767. The molecule has 3 aromatic rings. The lowest BCUT2D eigenvalue weighted by molar-refractivity contribution is 0.412. The minimum absolute atomic E-state index is 0.313. The third-order valence-corrected chi connectivity index (χ3v) is 3.42.